The molecule has 0 N–H and O–H groups in total. The minimum Gasteiger partial charge on any atom is -0.465 e. The van der Waals surface area contributed by atoms with E-state index in [-0.39, 0.29) is 11.9 Å². The Morgan fingerprint density at radius 2 is 2.15 bits per heavy atom. The first-order valence-electron chi connectivity index (χ1n) is 4.17. The summed E-state index contributed by atoms with van der Waals surface area (Å²) >= 11 is 3.46. The van der Waals surface area contributed by atoms with Crippen LogP contribution in [0.3, 0.4) is 0 Å². The standard InChI is InChI=1S/C10H9BrO2/c11-9-4-2-1-3-8(9)7-5-10(12)13-6-7/h1-4,7H,5-6H2. The number of cyclic esters (lactones) is 1. The van der Waals surface area contributed by atoms with E-state index in [9.17, 15) is 4.79 Å². The van der Waals surface area contributed by atoms with Crippen molar-refractivity contribution >= 4 is 21.9 Å². The maximum Gasteiger partial charge on any atom is 0.306 e. The highest BCUT2D eigenvalue weighted by atomic mass is 79.9. The van der Waals surface area contributed by atoms with Gasteiger partial charge in [0.1, 0.15) is 0 Å². The molecule has 2 nitrogen and oxygen atoms in total. The second-order valence-corrected chi connectivity index (χ2v) is 3.96. The quantitative estimate of drug-likeness (QED) is 0.706. The SMILES string of the molecule is O=C1CC(c2ccccc2Br)CO1. The molecule has 0 aliphatic carbocycles. The third-order valence-electron chi connectivity index (χ3n) is 2.20. The van der Waals surface area contributed by atoms with Gasteiger partial charge in [0.15, 0.2) is 0 Å². The van der Waals surface area contributed by atoms with Gasteiger partial charge in [-0.15, -0.1) is 0 Å². The molecule has 3 heteroatoms. The first kappa shape index (κ1) is 8.75. The zero-order valence-electron chi connectivity index (χ0n) is 7.00. The Morgan fingerprint density at radius 1 is 1.38 bits per heavy atom. The summed E-state index contributed by atoms with van der Waals surface area (Å²) in [6, 6.07) is 7.95. The van der Waals surface area contributed by atoms with Crippen LogP contribution < -0.4 is 0 Å². The highest BCUT2D eigenvalue weighted by molar-refractivity contribution is 9.10. The van der Waals surface area contributed by atoms with Crippen molar-refractivity contribution in [3.05, 3.63) is 34.3 Å². The van der Waals surface area contributed by atoms with Gasteiger partial charge in [-0.3, -0.25) is 4.79 Å². The molecule has 0 spiro atoms. The van der Waals surface area contributed by atoms with Gasteiger partial charge in [0.25, 0.3) is 0 Å². The number of esters is 1. The van der Waals surface area contributed by atoms with E-state index in [1.807, 2.05) is 24.3 Å². The van der Waals surface area contributed by atoms with Crippen molar-refractivity contribution < 1.29 is 9.53 Å². The van der Waals surface area contributed by atoms with Crippen LogP contribution >= 0.6 is 15.9 Å². The molecule has 0 saturated carbocycles. The van der Waals surface area contributed by atoms with Crippen molar-refractivity contribution in [3.8, 4) is 0 Å². The van der Waals surface area contributed by atoms with Crippen LogP contribution in [0.4, 0.5) is 0 Å². The maximum atomic E-state index is 10.9. The Balaban J connectivity index is 2.26. The van der Waals surface area contributed by atoms with E-state index >= 15 is 0 Å². The van der Waals surface area contributed by atoms with Crippen molar-refractivity contribution in [1.82, 2.24) is 0 Å². The zero-order chi connectivity index (χ0) is 9.26. The fourth-order valence-corrected chi connectivity index (χ4v) is 2.13. The van der Waals surface area contributed by atoms with Crippen LogP contribution in [-0.4, -0.2) is 12.6 Å². The highest BCUT2D eigenvalue weighted by Gasteiger charge is 2.26. The number of halogens is 1. The molecular weight excluding hydrogens is 232 g/mol. The third-order valence-corrected chi connectivity index (χ3v) is 2.93. The molecular formula is C10H9BrO2. The van der Waals surface area contributed by atoms with Crippen LogP contribution in [0.25, 0.3) is 0 Å². The Morgan fingerprint density at radius 3 is 2.77 bits per heavy atom. The predicted octanol–water partition coefficient (Wildman–Crippen LogP) is 2.48. The minimum atomic E-state index is -0.0965. The topological polar surface area (TPSA) is 26.3 Å². The van der Waals surface area contributed by atoms with Crippen LogP contribution in [0.15, 0.2) is 28.7 Å². The summed E-state index contributed by atoms with van der Waals surface area (Å²) in [7, 11) is 0. The summed E-state index contributed by atoms with van der Waals surface area (Å²) in [6.45, 7) is 0.515. The van der Waals surface area contributed by atoms with E-state index in [2.05, 4.69) is 15.9 Å². The Hall–Kier alpha value is -0.830. The number of carbonyl (C=O) groups is 1. The molecule has 1 aliphatic heterocycles. The van der Waals surface area contributed by atoms with Gasteiger partial charge in [0.05, 0.1) is 13.0 Å². The minimum absolute atomic E-state index is 0.0965. The van der Waals surface area contributed by atoms with E-state index in [0.29, 0.717) is 13.0 Å². The van der Waals surface area contributed by atoms with Gasteiger partial charge in [-0.25, -0.2) is 0 Å². The summed E-state index contributed by atoms with van der Waals surface area (Å²) in [5.41, 5.74) is 1.16. The molecule has 0 bridgehead atoms. The second kappa shape index (κ2) is 3.50. The summed E-state index contributed by atoms with van der Waals surface area (Å²) in [5.74, 6) is 0.129. The largest absolute Gasteiger partial charge is 0.465 e. The number of rotatable bonds is 1. The fourth-order valence-electron chi connectivity index (χ4n) is 1.52. The highest BCUT2D eigenvalue weighted by Crippen LogP contribution is 2.31. The summed E-state index contributed by atoms with van der Waals surface area (Å²) < 4.78 is 5.97. The van der Waals surface area contributed by atoms with E-state index in [0.717, 1.165) is 10.0 Å². The molecule has 13 heavy (non-hydrogen) atoms. The van der Waals surface area contributed by atoms with Crippen molar-refractivity contribution in [2.45, 2.75) is 12.3 Å². The van der Waals surface area contributed by atoms with Gasteiger partial charge in [-0.05, 0) is 11.6 Å². The molecule has 1 aromatic rings. The van der Waals surface area contributed by atoms with Gasteiger partial charge in [0, 0.05) is 10.4 Å². The molecule has 0 amide bonds. The van der Waals surface area contributed by atoms with Crippen LogP contribution in [0.2, 0.25) is 0 Å². The smallest absolute Gasteiger partial charge is 0.306 e. The lowest BCUT2D eigenvalue weighted by Crippen LogP contribution is -1.97. The van der Waals surface area contributed by atoms with Gasteiger partial charge in [-0.2, -0.15) is 0 Å². The van der Waals surface area contributed by atoms with Crippen LogP contribution in [-0.2, 0) is 9.53 Å². The molecule has 1 atom stereocenters. The van der Waals surface area contributed by atoms with Crippen molar-refractivity contribution in [2.24, 2.45) is 0 Å². The van der Waals surface area contributed by atoms with E-state index < -0.39 is 0 Å². The van der Waals surface area contributed by atoms with Crippen LogP contribution in [0.5, 0.6) is 0 Å². The van der Waals surface area contributed by atoms with Crippen LogP contribution in [0, 0.1) is 0 Å². The van der Waals surface area contributed by atoms with Crippen LogP contribution in [0.1, 0.15) is 17.9 Å². The van der Waals surface area contributed by atoms with Gasteiger partial charge in [0.2, 0.25) is 0 Å². The van der Waals surface area contributed by atoms with Gasteiger partial charge < -0.3 is 4.74 Å². The lowest BCUT2D eigenvalue weighted by Gasteiger charge is -2.07. The lowest BCUT2D eigenvalue weighted by molar-refractivity contribution is -0.137. The summed E-state index contributed by atoms with van der Waals surface area (Å²) in [6.07, 6.45) is 0.503. The average molecular weight is 241 g/mol. The second-order valence-electron chi connectivity index (χ2n) is 3.11. The first-order valence-corrected chi connectivity index (χ1v) is 4.96. The Bertz CT molecular complexity index is 335. The molecule has 68 valence electrons. The van der Waals surface area contributed by atoms with Gasteiger partial charge in [-0.1, -0.05) is 34.1 Å². The molecule has 0 aromatic heterocycles. The third kappa shape index (κ3) is 1.75. The maximum absolute atomic E-state index is 10.9. The van der Waals surface area contributed by atoms with E-state index in [4.69, 9.17) is 4.74 Å². The number of carbonyl (C=O) groups excluding carboxylic acids is 1. The Labute approximate surface area is 85.0 Å². The number of benzene rings is 1. The molecule has 2 rings (SSSR count). The lowest BCUT2D eigenvalue weighted by atomic mass is 9.99. The molecule has 1 unspecified atom stereocenters. The molecule has 1 heterocycles. The van der Waals surface area contributed by atoms with E-state index in [1.54, 1.807) is 0 Å². The number of hydrogen-bond acceptors (Lipinski definition) is 2. The number of hydrogen-bond donors (Lipinski definition) is 0. The molecule has 1 aliphatic rings. The fraction of sp³-hybridized carbons (Fsp3) is 0.300. The summed E-state index contributed by atoms with van der Waals surface area (Å²) in [4.78, 5) is 10.9. The Kier molecular flexibility index (Phi) is 2.36. The van der Waals surface area contributed by atoms with Crippen molar-refractivity contribution in [1.29, 1.82) is 0 Å². The first-order chi connectivity index (χ1) is 6.27. The predicted molar refractivity (Wildman–Crippen MR) is 52.5 cm³/mol. The van der Waals surface area contributed by atoms with E-state index in [1.165, 1.54) is 0 Å². The zero-order valence-corrected chi connectivity index (χ0v) is 8.58. The molecule has 1 aromatic carbocycles. The normalized spacial score (nSPS) is 21.6. The van der Waals surface area contributed by atoms with Crippen molar-refractivity contribution in [2.75, 3.05) is 6.61 Å². The molecule has 1 saturated heterocycles. The monoisotopic (exact) mass is 240 g/mol. The summed E-state index contributed by atoms with van der Waals surface area (Å²) in [5, 5.41) is 0. The molecule has 0 radical (unpaired) electrons. The van der Waals surface area contributed by atoms with Crippen molar-refractivity contribution in [3.63, 3.8) is 0 Å². The number of ether oxygens (including phenoxy) is 1. The average Bonchev–Trinajstić information content (AvgIpc) is 2.53. The van der Waals surface area contributed by atoms with Gasteiger partial charge >= 0.3 is 5.97 Å². The molecule has 1 fully saturated rings.